The molecule has 0 bridgehead atoms. The summed E-state index contributed by atoms with van der Waals surface area (Å²) < 4.78 is 0.891. The number of anilines is 1. The Balaban J connectivity index is 2.40. The molecule has 0 atom stereocenters. The molecule has 1 aromatic rings. The molecule has 0 aliphatic carbocycles. The van der Waals surface area contributed by atoms with Crippen molar-refractivity contribution in [2.45, 2.75) is 32.2 Å². The minimum atomic E-state index is -0.766. The molecule has 1 N–H and O–H groups in total. The molecule has 1 aliphatic rings. The SMILES string of the molecule is CCC1(CC)NC(=O)CN(c2cccc(Br)c2)C1=O. The van der Waals surface area contributed by atoms with Gasteiger partial charge in [-0.1, -0.05) is 35.8 Å². The molecule has 0 radical (unpaired) electrons. The number of piperazine rings is 1. The summed E-state index contributed by atoms with van der Waals surface area (Å²) in [6.07, 6.45) is 1.19. The lowest BCUT2D eigenvalue weighted by Crippen LogP contribution is -2.66. The smallest absolute Gasteiger partial charge is 0.253 e. The largest absolute Gasteiger partial charge is 0.340 e. The Kier molecular flexibility index (Phi) is 3.94. The lowest BCUT2D eigenvalue weighted by molar-refractivity contribution is -0.136. The van der Waals surface area contributed by atoms with Crippen LogP contribution in [0.3, 0.4) is 0 Å². The number of nitrogens with one attached hydrogen (secondary N) is 1. The number of rotatable bonds is 3. The summed E-state index contributed by atoms with van der Waals surface area (Å²) in [5.74, 6) is -0.140. The molecule has 1 fully saturated rings. The minimum Gasteiger partial charge on any atom is -0.340 e. The number of nitrogens with zero attached hydrogens (tertiary/aromatic N) is 1. The Bertz CT molecular complexity index is 512. The van der Waals surface area contributed by atoms with Crippen LogP contribution in [0, 0.1) is 0 Å². The van der Waals surface area contributed by atoms with Gasteiger partial charge in [-0.3, -0.25) is 9.59 Å². The van der Waals surface area contributed by atoms with E-state index in [1.54, 1.807) is 4.90 Å². The van der Waals surface area contributed by atoms with Crippen molar-refractivity contribution < 1.29 is 9.59 Å². The highest BCUT2D eigenvalue weighted by Gasteiger charge is 2.44. The van der Waals surface area contributed by atoms with Crippen LogP contribution in [0.4, 0.5) is 5.69 Å². The molecular formula is C14H17BrN2O2. The molecule has 1 saturated heterocycles. The average Bonchev–Trinajstić information content (AvgIpc) is 2.41. The van der Waals surface area contributed by atoms with E-state index in [0.717, 1.165) is 10.2 Å². The molecule has 5 heteroatoms. The van der Waals surface area contributed by atoms with E-state index in [9.17, 15) is 9.59 Å². The van der Waals surface area contributed by atoms with Gasteiger partial charge in [-0.05, 0) is 31.0 Å². The van der Waals surface area contributed by atoms with Crippen LogP contribution < -0.4 is 10.2 Å². The Morgan fingerprint density at radius 2 is 2.00 bits per heavy atom. The summed E-state index contributed by atoms with van der Waals surface area (Å²) in [5.41, 5.74) is -0.0158. The van der Waals surface area contributed by atoms with Gasteiger partial charge in [-0.25, -0.2) is 0 Å². The molecule has 4 nitrogen and oxygen atoms in total. The van der Waals surface area contributed by atoms with E-state index in [1.165, 1.54) is 0 Å². The fourth-order valence-electron chi connectivity index (χ4n) is 2.42. The fourth-order valence-corrected chi connectivity index (χ4v) is 2.80. The van der Waals surface area contributed by atoms with Crippen molar-refractivity contribution in [3.8, 4) is 0 Å². The lowest BCUT2D eigenvalue weighted by Gasteiger charge is -2.41. The summed E-state index contributed by atoms with van der Waals surface area (Å²) in [6, 6.07) is 7.45. The maximum Gasteiger partial charge on any atom is 0.253 e. The summed E-state index contributed by atoms with van der Waals surface area (Å²) in [4.78, 5) is 26.1. The third kappa shape index (κ3) is 2.52. The van der Waals surface area contributed by atoms with Gasteiger partial charge in [-0.15, -0.1) is 0 Å². The first-order valence-electron chi connectivity index (χ1n) is 6.41. The molecule has 0 spiro atoms. The van der Waals surface area contributed by atoms with Gasteiger partial charge in [0.2, 0.25) is 5.91 Å². The highest BCUT2D eigenvalue weighted by molar-refractivity contribution is 9.10. The van der Waals surface area contributed by atoms with Gasteiger partial charge >= 0.3 is 0 Å². The van der Waals surface area contributed by atoms with E-state index in [2.05, 4.69) is 21.2 Å². The van der Waals surface area contributed by atoms with E-state index in [-0.39, 0.29) is 18.4 Å². The van der Waals surface area contributed by atoms with E-state index < -0.39 is 5.54 Å². The third-order valence-electron chi connectivity index (χ3n) is 3.66. The van der Waals surface area contributed by atoms with Crippen LogP contribution in [0.2, 0.25) is 0 Å². The molecule has 2 amide bonds. The van der Waals surface area contributed by atoms with Crippen LogP contribution in [0.25, 0.3) is 0 Å². The Hall–Kier alpha value is -1.36. The number of carbonyl (C=O) groups is 2. The minimum absolute atomic E-state index is 0.0322. The van der Waals surface area contributed by atoms with E-state index >= 15 is 0 Å². The number of hydrogen-bond acceptors (Lipinski definition) is 2. The molecule has 1 aromatic carbocycles. The van der Waals surface area contributed by atoms with Crippen LogP contribution in [0.1, 0.15) is 26.7 Å². The van der Waals surface area contributed by atoms with E-state index in [4.69, 9.17) is 0 Å². The summed E-state index contributed by atoms with van der Waals surface area (Å²) in [6.45, 7) is 3.93. The molecule has 19 heavy (non-hydrogen) atoms. The molecular weight excluding hydrogens is 308 g/mol. The van der Waals surface area contributed by atoms with Gasteiger partial charge in [-0.2, -0.15) is 0 Å². The van der Waals surface area contributed by atoms with Crippen molar-refractivity contribution in [3.05, 3.63) is 28.7 Å². The monoisotopic (exact) mass is 324 g/mol. The van der Waals surface area contributed by atoms with Crippen LogP contribution in [0.15, 0.2) is 28.7 Å². The fraction of sp³-hybridized carbons (Fsp3) is 0.429. The van der Waals surface area contributed by atoms with Crippen LogP contribution in [0.5, 0.6) is 0 Å². The van der Waals surface area contributed by atoms with Crippen molar-refractivity contribution in [1.82, 2.24) is 5.32 Å². The van der Waals surface area contributed by atoms with Crippen molar-refractivity contribution in [2.24, 2.45) is 0 Å². The Morgan fingerprint density at radius 3 is 2.58 bits per heavy atom. The standard InChI is InChI=1S/C14H17BrN2O2/c1-3-14(4-2)13(19)17(9-12(18)16-14)11-7-5-6-10(15)8-11/h5-8H,3-4,9H2,1-2H3,(H,16,18). The second kappa shape index (κ2) is 5.33. The molecule has 0 saturated carbocycles. The Labute approximate surface area is 121 Å². The number of carbonyl (C=O) groups excluding carboxylic acids is 2. The molecule has 1 aliphatic heterocycles. The van der Waals surface area contributed by atoms with Crippen molar-refractivity contribution in [3.63, 3.8) is 0 Å². The number of halogens is 1. The quantitative estimate of drug-likeness (QED) is 0.928. The van der Waals surface area contributed by atoms with Gasteiger partial charge in [0.1, 0.15) is 12.1 Å². The average molecular weight is 325 g/mol. The van der Waals surface area contributed by atoms with Gasteiger partial charge in [0.25, 0.3) is 5.91 Å². The summed E-state index contributed by atoms with van der Waals surface area (Å²) in [5, 5.41) is 2.85. The maximum atomic E-state index is 12.7. The van der Waals surface area contributed by atoms with Gasteiger partial charge in [0.05, 0.1) is 0 Å². The van der Waals surface area contributed by atoms with Gasteiger partial charge < -0.3 is 10.2 Å². The normalized spacial score (nSPS) is 18.4. The Morgan fingerprint density at radius 1 is 1.32 bits per heavy atom. The summed E-state index contributed by atoms with van der Waals surface area (Å²) in [7, 11) is 0. The number of hydrogen-bond donors (Lipinski definition) is 1. The number of benzene rings is 1. The molecule has 0 unspecified atom stereocenters. The van der Waals surface area contributed by atoms with Crippen molar-refractivity contribution >= 4 is 33.4 Å². The predicted octanol–water partition coefficient (Wildman–Crippen LogP) is 2.47. The van der Waals surface area contributed by atoms with E-state index in [0.29, 0.717) is 12.8 Å². The van der Waals surface area contributed by atoms with Crippen LogP contribution >= 0.6 is 15.9 Å². The lowest BCUT2D eigenvalue weighted by atomic mass is 9.88. The van der Waals surface area contributed by atoms with Gasteiger partial charge in [0.15, 0.2) is 0 Å². The first-order chi connectivity index (χ1) is 9.02. The van der Waals surface area contributed by atoms with Crippen molar-refractivity contribution in [1.29, 1.82) is 0 Å². The first kappa shape index (κ1) is 14.1. The third-order valence-corrected chi connectivity index (χ3v) is 4.16. The predicted molar refractivity (Wildman–Crippen MR) is 78.0 cm³/mol. The highest BCUT2D eigenvalue weighted by Crippen LogP contribution is 2.28. The first-order valence-corrected chi connectivity index (χ1v) is 7.20. The topological polar surface area (TPSA) is 49.4 Å². The molecule has 1 heterocycles. The molecule has 2 rings (SSSR count). The van der Waals surface area contributed by atoms with E-state index in [1.807, 2.05) is 38.1 Å². The second-order valence-corrected chi connectivity index (χ2v) is 5.62. The highest BCUT2D eigenvalue weighted by atomic mass is 79.9. The maximum absolute atomic E-state index is 12.7. The zero-order valence-electron chi connectivity index (χ0n) is 11.1. The zero-order chi connectivity index (χ0) is 14.0. The molecule has 0 aromatic heterocycles. The van der Waals surface area contributed by atoms with Crippen molar-refractivity contribution in [2.75, 3.05) is 11.4 Å². The van der Waals surface area contributed by atoms with Crippen LogP contribution in [-0.4, -0.2) is 23.9 Å². The second-order valence-electron chi connectivity index (χ2n) is 4.71. The zero-order valence-corrected chi connectivity index (χ0v) is 12.7. The van der Waals surface area contributed by atoms with Crippen LogP contribution in [-0.2, 0) is 9.59 Å². The molecule has 102 valence electrons. The number of amides is 2. The summed E-state index contributed by atoms with van der Waals surface area (Å²) >= 11 is 3.39. The van der Waals surface area contributed by atoms with Gasteiger partial charge in [0, 0.05) is 10.2 Å².